The van der Waals surface area contributed by atoms with Gasteiger partial charge in [-0.05, 0) is 18.6 Å². The fourth-order valence-corrected chi connectivity index (χ4v) is 3.39. The fraction of sp³-hybridized carbons (Fsp3) is 0.385. The Morgan fingerprint density at radius 2 is 2.12 bits per heavy atom. The first-order chi connectivity index (χ1) is 11.2. The summed E-state index contributed by atoms with van der Waals surface area (Å²) < 4.78 is 40.2. The van der Waals surface area contributed by atoms with Gasteiger partial charge in [0.15, 0.2) is 6.04 Å². The van der Waals surface area contributed by atoms with Crippen molar-refractivity contribution in [2.24, 2.45) is 0 Å². The van der Waals surface area contributed by atoms with E-state index in [9.17, 15) is 23.1 Å². The number of carbonyl (C=O) groups excluding carboxylic acids is 2. The van der Waals surface area contributed by atoms with Gasteiger partial charge >= 0.3 is 22.4 Å². The van der Waals surface area contributed by atoms with E-state index in [4.69, 9.17) is 9.29 Å². The Bertz CT molecular complexity index is 808. The Morgan fingerprint density at radius 1 is 1.42 bits per heavy atom. The highest BCUT2D eigenvalue weighted by Crippen LogP contribution is 2.47. The van der Waals surface area contributed by atoms with E-state index in [1.165, 1.54) is 18.2 Å². The summed E-state index contributed by atoms with van der Waals surface area (Å²) in [5.41, 5.74) is 0.473. The fourth-order valence-electron chi connectivity index (χ4n) is 3.02. The SMILES string of the molecule is CCOC(=O)C1c2cccc(O)c2C2CN1C(=O)N2OS(=O)(=O)O. The molecule has 1 fully saturated rings. The first kappa shape index (κ1) is 16.5. The van der Waals surface area contributed by atoms with E-state index in [-0.39, 0.29) is 24.5 Å². The van der Waals surface area contributed by atoms with Crippen molar-refractivity contribution in [3.63, 3.8) is 0 Å². The van der Waals surface area contributed by atoms with Crippen LogP contribution in [0, 0.1) is 0 Å². The second kappa shape index (κ2) is 5.61. The van der Waals surface area contributed by atoms with Crippen LogP contribution in [0.1, 0.15) is 30.1 Å². The van der Waals surface area contributed by atoms with E-state index in [1.807, 2.05) is 0 Å². The molecule has 0 saturated carbocycles. The minimum absolute atomic E-state index is 0.0835. The lowest BCUT2D eigenvalue weighted by molar-refractivity contribution is -0.148. The van der Waals surface area contributed by atoms with E-state index in [0.717, 1.165) is 4.90 Å². The Kier molecular flexibility index (Phi) is 3.86. The minimum atomic E-state index is -4.96. The molecule has 1 saturated heterocycles. The number of urea groups is 1. The zero-order valence-electron chi connectivity index (χ0n) is 12.4. The van der Waals surface area contributed by atoms with Crippen LogP contribution in [0.5, 0.6) is 5.75 Å². The molecule has 11 heteroatoms. The smallest absolute Gasteiger partial charge is 0.418 e. The summed E-state index contributed by atoms with van der Waals surface area (Å²) in [6.45, 7) is 1.58. The molecule has 2 aliphatic rings. The monoisotopic (exact) mass is 358 g/mol. The number of fused-ring (bicyclic) bond motifs is 4. The molecule has 0 aliphatic carbocycles. The van der Waals surface area contributed by atoms with Crippen molar-refractivity contribution < 1.29 is 36.7 Å². The Hall–Kier alpha value is -2.37. The lowest BCUT2D eigenvalue weighted by atomic mass is 9.90. The number of rotatable bonds is 4. The quantitative estimate of drug-likeness (QED) is 0.588. The number of hydrogen-bond acceptors (Lipinski definition) is 7. The molecule has 2 unspecified atom stereocenters. The third-order valence-corrected chi connectivity index (χ3v) is 4.18. The van der Waals surface area contributed by atoms with Gasteiger partial charge in [-0.3, -0.25) is 4.55 Å². The zero-order chi connectivity index (χ0) is 17.6. The first-order valence-electron chi connectivity index (χ1n) is 7.00. The first-order valence-corrected chi connectivity index (χ1v) is 8.36. The maximum atomic E-state index is 12.4. The van der Waals surface area contributed by atoms with Crippen molar-refractivity contribution in [3.8, 4) is 5.75 Å². The van der Waals surface area contributed by atoms with E-state index in [2.05, 4.69) is 4.28 Å². The van der Waals surface area contributed by atoms with Gasteiger partial charge < -0.3 is 14.7 Å². The summed E-state index contributed by atoms with van der Waals surface area (Å²) in [6, 6.07) is 1.27. The number of carbonyl (C=O) groups is 2. The van der Waals surface area contributed by atoms with Gasteiger partial charge in [0, 0.05) is 5.56 Å². The van der Waals surface area contributed by atoms with E-state index >= 15 is 0 Å². The van der Waals surface area contributed by atoms with Crippen molar-refractivity contribution in [3.05, 3.63) is 29.3 Å². The zero-order valence-corrected chi connectivity index (χ0v) is 13.3. The average molecular weight is 358 g/mol. The van der Waals surface area contributed by atoms with Gasteiger partial charge in [-0.2, -0.15) is 13.5 Å². The van der Waals surface area contributed by atoms with Gasteiger partial charge in [0.1, 0.15) is 11.8 Å². The van der Waals surface area contributed by atoms with Gasteiger partial charge in [-0.1, -0.05) is 12.1 Å². The predicted molar refractivity (Wildman–Crippen MR) is 76.8 cm³/mol. The number of hydroxylamine groups is 2. The van der Waals surface area contributed by atoms with Crippen LogP contribution >= 0.6 is 0 Å². The number of phenols is 1. The van der Waals surface area contributed by atoms with Crippen LogP contribution in [0.2, 0.25) is 0 Å². The molecule has 10 nitrogen and oxygen atoms in total. The molecular formula is C13H14N2O8S. The Morgan fingerprint density at radius 3 is 2.75 bits per heavy atom. The van der Waals surface area contributed by atoms with Crippen molar-refractivity contribution in [1.29, 1.82) is 0 Å². The van der Waals surface area contributed by atoms with Crippen LogP contribution in [0.15, 0.2) is 18.2 Å². The molecule has 3 rings (SSSR count). The summed E-state index contributed by atoms with van der Waals surface area (Å²) in [5, 5.41) is 10.6. The molecule has 2 amide bonds. The van der Waals surface area contributed by atoms with Crippen molar-refractivity contribution >= 4 is 22.4 Å². The van der Waals surface area contributed by atoms with E-state index in [1.54, 1.807) is 6.92 Å². The normalized spacial score (nSPS) is 22.5. The summed E-state index contributed by atoms with van der Waals surface area (Å²) in [6.07, 6.45) is 0. The molecule has 130 valence electrons. The number of esters is 1. The van der Waals surface area contributed by atoms with Crippen molar-refractivity contribution in [2.75, 3.05) is 13.2 Å². The molecular weight excluding hydrogens is 344 g/mol. The van der Waals surface area contributed by atoms with Gasteiger partial charge in [-0.25, -0.2) is 9.59 Å². The number of nitrogens with zero attached hydrogens (tertiary/aromatic N) is 2. The third-order valence-electron chi connectivity index (χ3n) is 3.83. The molecule has 1 aromatic carbocycles. The second-order valence-electron chi connectivity index (χ2n) is 5.21. The van der Waals surface area contributed by atoms with Crippen LogP contribution < -0.4 is 0 Å². The highest BCUT2D eigenvalue weighted by atomic mass is 32.3. The van der Waals surface area contributed by atoms with Gasteiger partial charge in [0.05, 0.1) is 13.2 Å². The Labute approximate surface area is 137 Å². The maximum absolute atomic E-state index is 12.4. The molecule has 2 N–H and O–H groups in total. The number of phenolic OH excluding ortho intramolecular Hbond substituents is 1. The maximum Gasteiger partial charge on any atom is 0.418 e. The molecule has 0 aromatic heterocycles. The number of aromatic hydroxyl groups is 1. The summed E-state index contributed by atoms with van der Waals surface area (Å²) >= 11 is 0. The number of amides is 2. The summed E-state index contributed by atoms with van der Waals surface area (Å²) in [7, 11) is -4.96. The highest BCUT2D eigenvalue weighted by molar-refractivity contribution is 7.80. The molecule has 24 heavy (non-hydrogen) atoms. The van der Waals surface area contributed by atoms with Crippen molar-refractivity contribution in [1.82, 2.24) is 9.96 Å². The van der Waals surface area contributed by atoms with Crippen LogP contribution in [-0.4, -0.2) is 53.2 Å². The second-order valence-corrected chi connectivity index (χ2v) is 6.22. The van der Waals surface area contributed by atoms with Crippen molar-refractivity contribution in [2.45, 2.75) is 19.0 Å². The lowest BCUT2D eigenvalue weighted by Crippen LogP contribution is -2.39. The van der Waals surface area contributed by atoms with Crippen LogP contribution in [0.3, 0.4) is 0 Å². The molecule has 0 radical (unpaired) electrons. The van der Waals surface area contributed by atoms with Gasteiger partial charge in [-0.15, -0.1) is 4.28 Å². The molecule has 2 atom stereocenters. The average Bonchev–Trinajstić information content (AvgIpc) is 2.73. The Balaban J connectivity index is 2.12. The number of hydrogen-bond donors (Lipinski definition) is 2. The number of ether oxygens (including phenoxy) is 1. The van der Waals surface area contributed by atoms with E-state index < -0.39 is 34.5 Å². The summed E-state index contributed by atoms with van der Waals surface area (Å²) in [5.74, 6) is -0.949. The summed E-state index contributed by atoms with van der Waals surface area (Å²) in [4.78, 5) is 25.8. The number of benzene rings is 1. The van der Waals surface area contributed by atoms with Gasteiger partial charge in [0.25, 0.3) is 0 Å². The van der Waals surface area contributed by atoms with E-state index in [0.29, 0.717) is 10.6 Å². The molecule has 2 heterocycles. The highest BCUT2D eigenvalue weighted by Gasteiger charge is 2.53. The molecule has 2 aliphatic heterocycles. The molecule has 0 spiro atoms. The topological polar surface area (TPSA) is 134 Å². The minimum Gasteiger partial charge on any atom is -0.508 e. The molecule has 2 bridgehead atoms. The van der Waals surface area contributed by atoms with Crippen LogP contribution in [-0.2, 0) is 24.2 Å². The third kappa shape index (κ3) is 2.56. The lowest BCUT2D eigenvalue weighted by Gasteiger charge is -2.31. The van der Waals surface area contributed by atoms with Crippen LogP contribution in [0.25, 0.3) is 0 Å². The van der Waals surface area contributed by atoms with Crippen LogP contribution in [0.4, 0.5) is 4.79 Å². The standard InChI is InChI=1S/C13H14N2O8S/c1-2-22-12(17)11-7-4-3-5-9(16)10(7)8-6-14(11)13(18)15(8)23-24(19,20)21/h3-5,8,11,16H,2,6H2,1H3,(H,19,20,21). The van der Waals surface area contributed by atoms with Gasteiger partial charge in [0.2, 0.25) is 0 Å². The largest absolute Gasteiger partial charge is 0.508 e. The predicted octanol–water partition coefficient (Wildman–Crippen LogP) is 0.523. The molecule has 1 aromatic rings.